The second kappa shape index (κ2) is 5.80. The number of hydrogen-bond donors (Lipinski definition) is 0. The van der Waals surface area contributed by atoms with Crippen molar-refractivity contribution >= 4 is 15.9 Å². The number of alkyl halides is 1. The summed E-state index contributed by atoms with van der Waals surface area (Å²) in [6.07, 6.45) is 12.7. The molecule has 3 fully saturated rings. The lowest BCUT2D eigenvalue weighted by Gasteiger charge is -2.55. The lowest BCUT2D eigenvalue weighted by Crippen LogP contribution is -2.57. The first-order valence-electron chi connectivity index (χ1n) is 7.68. The van der Waals surface area contributed by atoms with E-state index in [2.05, 4.69) is 15.9 Å². The summed E-state index contributed by atoms with van der Waals surface area (Å²) >= 11 is 3.87. The third-order valence-corrected chi connectivity index (χ3v) is 6.51. The smallest absolute Gasteiger partial charge is 0.0808 e. The van der Waals surface area contributed by atoms with Crippen LogP contribution in [-0.2, 0) is 9.47 Å². The standard InChI is InChI=1S/C15H25BrO2/c16-13-10-14(15(13)7-3-1-4-8-15)18-11-12-6-2-5-9-17-12/h12-14H,1-11H2. The molecule has 3 rings (SSSR count). The molecule has 0 bridgehead atoms. The van der Waals surface area contributed by atoms with Crippen LogP contribution >= 0.6 is 15.9 Å². The Bertz CT molecular complexity index is 270. The topological polar surface area (TPSA) is 18.5 Å². The van der Waals surface area contributed by atoms with Crippen molar-refractivity contribution in [1.29, 1.82) is 0 Å². The molecule has 0 radical (unpaired) electrons. The molecule has 3 aliphatic rings. The van der Waals surface area contributed by atoms with E-state index in [0.717, 1.165) is 13.2 Å². The summed E-state index contributed by atoms with van der Waals surface area (Å²) < 4.78 is 12.0. The van der Waals surface area contributed by atoms with Crippen molar-refractivity contribution in [1.82, 2.24) is 0 Å². The highest BCUT2D eigenvalue weighted by molar-refractivity contribution is 9.09. The van der Waals surface area contributed by atoms with E-state index >= 15 is 0 Å². The van der Waals surface area contributed by atoms with Crippen molar-refractivity contribution in [3.63, 3.8) is 0 Å². The van der Waals surface area contributed by atoms with Crippen LogP contribution in [0.3, 0.4) is 0 Å². The van der Waals surface area contributed by atoms with Gasteiger partial charge in [-0.25, -0.2) is 0 Å². The molecule has 2 nitrogen and oxygen atoms in total. The second-order valence-electron chi connectivity index (χ2n) is 6.31. The summed E-state index contributed by atoms with van der Waals surface area (Å²) in [5.41, 5.74) is 0.465. The van der Waals surface area contributed by atoms with Crippen molar-refractivity contribution < 1.29 is 9.47 Å². The summed E-state index contributed by atoms with van der Waals surface area (Å²) in [7, 11) is 0. The molecule has 0 aromatic heterocycles. The van der Waals surface area contributed by atoms with Gasteiger partial charge in [-0.2, -0.15) is 0 Å². The van der Waals surface area contributed by atoms with Gasteiger partial charge >= 0.3 is 0 Å². The van der Waals surface area contributed by atoms with Crippen molar-refractivity contribution in [2.24, 2.45) is 5.41 Å². The first-order valence-corrected chi connectivity index (χ1v) is 8.60. The Morgan fingerprint density at radius 2 is 1.94 bits per heavy atom. The zero-order chi connectivity index (χ0) is 12.4. The molecule has 2 saturated carbocycles. The van der Waals surface area contributed by atoms with Crippen LogP contribution in [0.5, 0.6) is 0 Å². The second-order valence-corrected chi connectivity index (χ2v) is 7.41. The molecule has 18 heavy (non-hydrogen) atoms. The van der Waals surface area contributed by atoms with E-state index in [0.29, 0.717) is 22.5 Å². The molecule has 0 aromatic carbocycles. The molecule has 3 atom stereocenters. The molecular weight excluding hydrogens is 292 g/mol. The summed E-state index contributed by atoms with van der Waals surface area (Å²) in [4.78, 5) is 0.697. The van der Waals surface area contributed by atoms with Crippen molar-refractivity contribution in [3.05, 3.63) is 0 Å². The Kier molecular flexibility index (Phi) is 4.32. The highest BCUT2D eigenvalue weighted by Gasteiger charge is 2.54. The zero-order valence-corrected chi connectivity index (χ0v) is 12.8. The van der Waals surface area contributed by atoms with Gasteiger partial charge in [-0.1, -0.05) is 35.2 Å². The first kappa shape index (κ1) is 13.4. The predicted octanol–water partition coefficient (Wildman–Crippen LogP) is 4.06. The fraction of sp³-hybridized carbons (Fsp3) is 1.00. The molecule has 0 N–H and O–H groups in total. The van der Waals surface area contributed by atoms with Crippen LogP contribution in [0.1, 0.15) is 57.8 Å². The van der Waals surface area contributed by atoms with Crippen LogP contribution in [0.2, 0.25) is 0 Å². The summed E-state index contributed by atoms with van der Waals surface area (Å²) in [5.74, 6) is 0. The lowest BCUT2D eigenvalue weighted by atomic mass is 9.58. The minimum absolute atomic E-state index is 0.369. The van der Waals surface area contributed by atoms with Crippen molar-refractivity contribution in [2.45, 2.75) is 74.8 Å². The van der Waals surface area contributed by atoms with E-state index in [1.807, 2.05) is 0 Å². The van der Waals surface area contributed by atoms with E-state index < -0.39 is 0 Å². The monoisotopic (exact) mass is 316 g/mol. The number of hydrogen-bond acceptors (Lipinski definition) is 2. The molecule has 2 aliphatic carbocycles. The van der Waals surface area contributed by atoms with E-state index in [1.165, 1.54) is 57.8 Å². The van der Waals surface area contributed by atoms with Gasteiger partial charge in [-0.15, -0.1) is 0 Å². The minimum Gasteiger partial charge on any atom is -0.376 e. The molecule has 1 aliphatic heterocycles. The molecule has 0 amide bonds. The molecule has 104 valence electrons. The Morgan fingerprint density at radius 3 is 2.61 bits per heavy atom. The van der Waals surface area contributed by atoms with Gasteiger partial charge in [-0.05, 0) is 38.5 Å². The van der Waals surface area contributed by atoms with Crippen LogP contribution in [-0.4, -0.2) is 30.2 Å². The van der Waals surface area contributed by atoms with Crippen LogP contribution in [0, 0.1) is 5.41 Å². The van der Waals surface area contributed by atoms with Gasteiger partial charge in [0.05, 0.1) is 18.8 Å². The van der Waals surface area contributed by atoms with Crippen LogP contribution in [0.15, 0.2) is 0 Å². The third-order valence-electron chi connectivity index (χ3n) is 5.23. The van der Waals surface area contributed by atoms with E-state index in [4.69, 9.17) is 9.47 Å². The zero-order valence-electron chi connectivity index (χ0n) is 11.2. The predicted molar refractivity (Wildman–Crippen MR) is 76.2 cm³/mol. The van der Waals surface area contributed by atoms with Gasteiger partial charge in [0, 0.05) is 16.8 Å². The van der Waals surface area contributed by atoms with Crippen LogP contribution in [0.4, 0.5) is 0 Å². The van der Waals surface area contributed by atoms with Gasteiger partial charge in [0.2, 0.25) is 0 Å². The molecule has 1 heterocycles. The van der Waals surface area contributed by atoms with Gasteiger partial charge in [0.1, 0.15) is 0 Å². The third kappa shape index (κ3) is 2.51. The van der Waals surface area contributed by atoms with Crippen LogP contribution < -0.4 is 0 Å². The number of ether oxygens (including phenoxy) is 2. The normalized spacial score (nSPS) is 39.5. The van der Waals surface area contributed by atoms with E-state index in [9.17, 15) is 0 Å². The fourth-order valence-corrected chi connectivity index (χ4v) is 5.03. The Morgan fingerprint density at radius 1 is 1.11 bits per heavy atom. The summed E-state index contributed by atoms with van der Waals surface area (Å²) in [6, 6.07) is 0. The highest BCUT2D eigenvalue weighted by Crippen LogP contribution is 2.56. The molecular formula is C15H25BrO2. The number of halogens is 1. The highest BCUT2D eigenvalue weighted by atomic mass is 79.9. The largest absolute Gasteiger partial charge is 0.376 e. The molecule has 3 unspecified atom stereocenters. The fourth-order valence-electron chi connectivity index (χ4n) is 3.94. The Balaban J connectivity index is 1.50. The van der Waals surface area contributed by atoms with Crippen molar-refractivity contribution in [2.75, 3.05) is 13.2 Å². The van der Waals surface area contributed by atoms with Gasteiger partial charge in [0.15, 0.2) is 0 Å². The SMILES string of the molecule is BrC1CC(OCC2CCCCO2)C12CCCCC2. The number of rotatable bonds is 3. The lowest BCUT2D eigenvalue weighted by molar-refractivity contribution is -0.148. The first-order chi connectivity index (χ1) is 8.81. The average molecular weight is 317 g/mol. The van der Waals surface area contributed by atoms with Gasteiger partial charge in [-0.3, -0.25) is 0 Å². The Labute approximate surface area is 119 Å². The van der Waals surface area contributed by atoms with E-state index in [-0.39, 0.29) is 0 Å². The minimum atomic E-state index is 0.369. The quantitative estimate of drug-likeness (QED) is 0.731. The van der Waals surface area contributed by atoms with Gasteiger partial charge < -0.3 is 9.47 Å². The molecule has 3 heteroatoms. The maximum Gasteiger partial charge on any atom is 0.0808 e. The van der Waals surface area contributed by atoms with E-state index in [1.54, 1.807) is 0 Å². The van der Waals surface area contributed by atoms with Crippen LogP contribution in [0.25, 0.3) is 0 Å². The molecule has 1 spiro atoms. The van der Waals surface area contributed by atoms with Crippen molar-refractivity contribution in [3.8, 4) is 0 Å². The average Bonchev–Trinajstić information content (AvgIpc) is 2.45. The summed E-state index contributed by atoms with van der Waals surface area (Å²) in [5, 5.41) is 0. The maximum atomic E-state index is 6.23. The molecule has 0 aromatic rings. The molecule has 1 saturated heterocycles. The Hall–Kier alpha value is 0.400. The van der Waals surface area contributed by atoms with Gasteiger partial charge in [0.25, 0.3) is 0 Å². The maximum absolute atomic E-state index is 6.23. The summed E-state index contributed by atoms with van der Waals surface area (Å²) in [6.45, 7) is 1.76.